The minimum atomic E-state index is -0.744. The number of amides is 1. The number of anilines is 1. The first-order valence-electron chi connectivity index (χ1n) is 3.54. The van der Waals surface area contributed by atoms with Gasteiger partial charge in [0.15, 0.2) is 0 Å². The van der Waals surface area contributed by atoms with Crippen molar-refractivity contribution in [1.82, 2.24) is 0 Å². The van der Waals surface area contributed by atoms with Gasteiger partial charge in [0.25, 0.3) is 0 Å². The van der Waals surface area contributed by atoms with Gasteiger partial charge in [-0.3, -0.25) is 5.32 Å². The van der Waals surface area contributed by atoms with E-state index in [1.165, 1.54) is 13.2 Å². The Bertz CT molecular complexity index is 349. The number of carbonyl (C=O) groups is 1. The van der Waals surface area contributed by atoms with Crippen molar-refractivity contribution in [2.24, 2.45) is 0 Å². The average molecular weight is 282 g/mol. The molecule has 0 aliphatic heterocycles. The molecule has 1 aromatic carbocycles. The second-order valence-electron chi connectivity index (χ2n) is 2.36. The molecule has 1 amide bonds. The molecule has 0 atom stereocenters. The summed E-state index contributed by atoms with van der Waals surface area (Å²) in [4.78, 5) is 10.8. The van der Waals surface area contributed by atoms with Gasteiger partial charge in [-0.15, -0.1) is 0 Å². The normalized spacial score (nSPS) is 9.71. The highest BCUT2D eigenvalue weighted by atomic mass is 79.9. The lowest BCUT2D eigenvalue weighted by molar-refractivity contribution is 0.186. The number of nitrogens with one attached hydrogen (secondary N) is 1. The Kier molecular flexibility index (Phi) is 3.71. The number of benzene rings is 1. The third-order valence-electron chi connectivity index (χ3n) is 1.42. The van der Waals surface area contributed by atoms with E-state index in [0.717, 1.165) is 6.07 Å². The molecule has 0 saturated heterocycles. The molecule has 1 N–H and O–H groups in total. The number of carbonyl (C=O) groups excluding carboxylic acids is 1. The Labute approximate surface area is 93.3 Å². The van der Waals surface area contributed by atoms with Gasteiger partial charge in [-0.25, -0.2) is 9.18 Å². The minimum absolute atomic E-state index is 0.00116. The molecule has 3 nitrogen and oxygen atoms in total. The maximum absolute atomic E-state index is 13.2. The molecular weight excluding hydrogens is 276 g/mol. The van der Waals surface area contributed by atoms with Crippen molar-refractivity contribution in [2.75, 3.05) is 12.4 Å². The van der Waals surface area contributed by atoms with Crippen LogP contribution in [0.4, 0.5) is 14.9 Å². The second kappa shape index (κ2) is 4.61. The predicted octanol–water partition coefficient (Wildman–Crippen LogP) is 3.42. The SMILES string of the molecule is COC(=O)Nc1c(F)cc(Cl)cc1Br. The van der Waals surface area contributed by atoms with Gasteiger partial charge in [0, 0.05) is 9.50 Å². The zero-order valence-corrected chi connectivity index (χ0v) is 9.45. The molecule has 76 valence electrons. The molecule has 1 aromatic rings. The van der Waals surface area contributed by atoms with Gasteiger partial charge in [0.2, 0.25) is 0 Å². The number of hydrogen-bond acceptors (Lipinski definition) is 2. The summed E-state index contributed by atoms with van der Waals surface area (Å²) in [6.07, 6.45) is -0.744. The quantitative estimate of drug-likeness (QED) is 0.857. The predicted molar refractivity (Wildman–Crippen MR) is 55.1 cm³/mol. The molecule has 6 heteroatoms. The number of halogens is 3. The summed E-state index contributed by atoms with van der Waals surface area (Å²) in [5.74, 6) is -0.630. The second-order valence-corrected chi connectivity index (χ2v) is 3.65. The molecule has 0 bridgehead atoms. The lowest BCUT2D eigenvalue weighted by Gasteiger charge is -2.07. The van der Waals surface area contributed by atoms with Gasteiger partial charge in [0.05, 0.1) is 12.8 Å². The molecule has 1 rings (SSSR count). The van der Waals surface area contributed by atoms with E-state index in [1.807, 2.05) is 0 Å². The molecular formula is C8H6BrClFNO2. The van der Waals surface area contributed by atoms with Crippen molar-refractivity contribution in [3.63, 3.8) is 0 Å². The lowest BCUT2D eigenvalue weighted by Crippen LogP contribution is -2.12. The third kappa shape index (κ3) is 2.59. The topological polar surface area (TPSA) is 38.3 Å². The maximum atomic E-state index is 13.2. The number of ether oxygens (including phenoxy) is 1. The Hall–Kier alpha value is -0.810. The lowest BCUT2D eigenvalue weighted by atomic mass is 10.3. The average Bonchev–Trinajstić information content (AvgIpc) is 2.10. The van der Waals surface area contributed by atoms with E-state index >= 15 is 0 Å². The first-order valence-corrected chi connectivity index (χ1v) is 4.71. The zero-order chi connectivity index (χ0) is 10.7. The molecule has 0 aliphatic rings. The van der Waals surface area contributed by atoms with E-state index in [2.05, 4.69) is 26.0 Å². The first-order chi connectivity index (χ1) is 6.54. The van der Waals surface area contributed by atoms with Crippen LogP contribution in [0.2, 0.25) is 5.02 Å². The largest absolute Gasteiger partial charge is 0.453 e. The summed E-state index contributed by atoms with van der Waals surface area (Å²) in [5.41, 5.74) is 0.00116. The first kappa shape index (κ1) is 11.3. The molecule has 0 fully saturated rings. The van der Waals surface area contributed by atoms with Crippen LogP contribution < -0.4 is 5.32 Å². The van der Waals surface area contributed by atoms with Crippen LogP contribution in [0.5, 0.6) is 0 Å². The van der Waals surface area contributed by atoms with Gasteiger partial charge in [0.1, 0.15) is 5.82 Å². The van der Waals surface area contributed by atoms with Crippen LogP contribution in [0.3, 0.4) is 0 Å². The van der Waals surface area contributed by atoms with Crippen molar-refractivity contribution < 1.29 is 13.9 Å². The van der Waals surface area contributed by atoms with Gasteiger partial charge in [-0.05, 0) is 28.1 Å². The van der Waals surface area contributed by atoms with E-state index in [1.54, 1.807) is 0 Å². The summed E-state index contributed by atoms with van der Waals surface area (Å²) in [7, 11) is 1.19. The van der Waals surface area contributed by atoms with Crippen LogP contribution in [-0.4, -0.2) is 13.2 Å². The third-order valence-corrected chi connectivity index (χ3v) is 2.26. The molecule has 0 aromatic heterocycles. The van der Waals surface area contributed by atoms with E-state index in [4.69, 9.17) is 11.6 Å². The summed E-state index contributed by atoms with van der Waals surface area (Å²) in [6, 6.07) is 2.56. The van der Waals surface area contributed by atoms with Crippen LogP contribution in [0.25, 0.3) is 0 Å². The zero-order valence-electron chi connectivity index (χ0n) is 7.11. The van der Waals surface area contributed by atoms with Crippen molar-refractivity contribution in [1.29, 1.82) is 0 Å². The Morgan fingerprint density at radius 3 is 2.79 bits per heavy atom. The summed E-state index contributed by atoms with van der Waals surface area (Å²) < 4.78 is 17.9. The Morgan fingerprint density at radius 1 is 1.64 bits per heavy atom. The Balaban J connectivity index is 3.02. The van der Waals surface area contributed by atoms with Gasteiger partial charge >= 0.3 is 6.09 Å². The van der Waals surface area contributed by atoms with E-state index in [-0.39, 0.29) is 10.7 Å². The van der Waals surface area contributed by atoms with Crippen molar-refractivity contribution in [3.8, 4) is 0 Å². The van der Waals surface area contributed by atoms with Crippen LogP contribution in [0.15, 0.2) is 16.6 Å². The molecule has 0 saturated carbocycles. The van der Waals surface area contributed by atoms with Crippen molar-refractivity contribution >= 4 is 39.3 Å². The minimum Gasteiger partial charge on any atom is -0.453 e. The molecule has 14 heavy (non-hydrogen) atoms. The van der Waals surface area contributed by atoms with Gasteiger partial charge in [-0.2, -0.15) is 0 Å². The summed E-state index contributed by atoms with van der Waals surface area (Å²) >= 11 is 8.64. The van der Waals surface area contributed by atoms with Crippen LogP contribution >= 0.6 is 27.5 Å². The van der Waals surface area contributed by atoms with Crippen molar-refractivity contribution in [2.45, 2.75) is 0 Å². The van der Waals surface area contributed by atoms with Gasteiger partial charge < -0.3 is 4.74 Å². The highest BCUT2D eigenvalue weighted by Crippen LogP contribution is 2.29. The highest BCUT2D eigenvalue weighted by Gasteiger charge is 2.11. The van der Waals surface area contributed by atoms with Crippen molar-refractivity contribution in [3.05, 3.63) is 27.4 Å². The smallest absolute Gasteiger partial charge is 0.411 e. The fourth-order valence-electron chi connectivity index (χ4n) is 0.815. The molecule has 0 radical (unpaired) electrons. The van der Waals surface area contributed by atoms with Crippen LogP contribution in [0, 0.1) is 5.82 Å². The fourth-order valence-corrected chi connectivity index (χ4v) is 1.69. The van der Waals surface area contributed by atoms with E-state index in [9.17, 15) is 9.18 Å². The monoisotopic (exact) mass is 281 g/mol. The number of methoxy groups -OCH3 is 1. The maximum Gasteiger partial charge on any atom is 0.411 e. The molecule has 0 heterocycles. The highest BCUT2D eigenvalue weighted by molar-refractivity contribution is 9.10. The fraction of sp³-hybridized carbons (Fsp3) is 0.125. The van der Waals surface area contributed by atoms with Crippen LogP contribution in [-0.2, 0) is 4.74 Å². The Morgan fingerprint density at radius 2 is 2.29 bits per heavy atom. The van der Waals surface area contributed by atoms with E-state index < -0.39 is 11.9 Å². The van der Waals surface area contributed by atoms with E-state index in [0.29, 0.717) is 4.47 Å². The van der Waals surface area contributed by atoms with Gasteiger partial charge in [-0.1, -0.05) is 11.6 Å². The summed E-state index contributed by atoms with van der Waals surface area (Å²) in [5, 5.41) is 2.45. The number of hydrogen-bond donors (Lipinski definition) is 1. The van der Waals surface area contributed by atoms with Crippen LogP contribution in [0.1, 0.15) is 0 Å². The molecule has 0 spiro atoms. The molecule has 0 aliphatic carbocycles. The summed E-state index contributed by atoms with van der Waals surface area (Å²) in [6.45, 7) is 0. The number of rotatable bonds is 1. The molecule has 0 unspecified atom stereocenters. The standard InChI is InChI=1S/C8H6BrClFNO2/c1-14-8(13)12-7-5(9)2-4(10)3-6(7)11/h2-3H,1H3,(H,12,13).